The highest BCUT2D eigenvalue weighted by atomic mass is 16.5. The first-order valence-corrected chi connectivity index (χ1v) is 5.43. The first kappa shape index (κ1) is 11.6. The minimum atomic E-state index is 0.299. The smallest absolute Gasteiger partial charge is 0.223 e. The van der Waals surface area contributed by atoms with Crippen LogP contribution in [0.5, 0.6) is 5.75 Å². The molecule has 17 heavy (non-hydrogen) atoms. The van der Waals surface area contributed by atoms with Crippen molar-refractivity contribution in [1.82, 2.24) is 15.5 Å². The van der Waals surface area contributed by atoms with Gasteiger partial charge in [-0.2, -0.15) is 4.98 Å². The van der Waals surface area contributed by atoms with Crippen molar-refractivity contribution in [2.24, 2.45) is 0 Å². The molecule has 0 atom stereocenters. The number of hydrogen-bond donors (Lipinski definition) is 2. The molecule has 0 bridgehead atoms. The molecule has 1 aromatic heterocycles. The van der Waals surface area contributed by atoms with Crippen molar-refractivity contribution in [1.29, 1.82) is 0 Å². The van der Waals surface area contributed by atoms with E-state index in [-0.39, 0.29) is 0 Å². The fourth-order valence-corrected chi connectivity index (χ4v) is 1.58. The van der Waals surface area contributed by atoms with Gasteiger partial charge >= 0.3 is 0 Å². The number of aromatic hydroxyl groups is 1. The summed E-state index contributed by atoms with van der Waals surface area (Å²) >= 11 is 0. The number of benzene rings is 1. The summed E-state index contributed by atoms with van der Waals surface area (Å²) in [6.07, 6.45) is 0. The lowest BCUT2D eigenvalue weighted by Crippen LogP contribution is -2.13. The minimum Gasteiger partial charge on any atom is -0.508 e. The van der Waals surface area contributed by atoms with Gasteiger partial charge in [-0.05, 0) is 13.0 Å². The molecule has 0 aliphatic carbocycles. The predicted octanol–water partition coefficient (Wildman–Crippen LogP) is 1.68. The van der Waals surface area contributed by atoms with Crippen molar-refractivity contribution in [3.63, 3.8) is 0 Å². The van der Waals surface area contributed by atoms with Gasteiger partial charge in [0.15, 0.2) is 5.82 Å². The Morgan fingerprint density at radius 2 is 2.12 bits per heavy atom. The third-order valence-corrected chi connectivity index (χ3v) is 2.40. The Bertz CT molecular complexity index is 508. The lowest BCUT2D eigenvalue weighted by molar-refractivity contribution is 0.385. The maximum absolute atomic E-state index is 9.65. The number of aryl methyl sites for hydroxylation is 2. The zero-order valence-corrected chi connectivity index (χ0v) is 9.90. The maximum atomic E-state index is 9.65. The van der Waals surface area contributed by atoms with E-state index in [1.165, 1.54) is 0 Å². The highest BCUT2D eigenvalue weighted by Crippen LogP contribution is 2.17. The van der Waals surface area contributed by atoms with Gasteiger partial charge in [0.1, 0.15) is 5.75 Å². The summed E-state index contributed by atoms with van der Waals surface area (Å²) < 4.78 is 4.86. The number of nitrogens with zero attached hydrogens (tertiary/aromatic N) is 2. The number of aromatic nitrogens is 2. The van der Waals surface area contributed by atoms with Crippen molar-refractivity contribution < 1.29 is 9.63 Å². The van der Waals surface area contributed by atoms with Gasteiger partial charge in [-0.15, -0.1) is 0 Å². The topological polar surface area (TPSA) is 71.2 Å². The summed E-state index contributed by atoms with van der Waals surface area (Å²) in [7, 11) is 0. The lowest BCUT2D eigenvalue weighted by Gasteiger charge is -2.06. The van der Waals surface area contributed by atoms with Gasteiger partial charge in [-0.1, -0.05) is 22.9 Å². The second-order valence-electron chi connectivity index (χ2n) is 3.97. The van der Waals surface area contributed by atoms with Crippen LogP contribution in [0.2, 0.25) is 0 Å². The Kier molecular flexibility index (Phi) is 3.39. The van der Waals surface area contributed by atoms with Gasteiger partial charge in [-0.3, -0.25) is 0 Å². The van der Waals surface area contributed by atoms with Crippen LogP contribution >= 0.6 is 0 Å². The third-order valence-electron chi connectivity index (χ3n) is 2.40. The molecule has 0 aliphatic rings. The third kappa shape index (κ3) is 3.04. The van der Waals surface area contributed by atoms with Crippen LogP contribution in [0.3, 0.4) is 0 Å². The number of hydrogen-bond acceptors (Lipinski definition) is 5. The van der Waals surface area contributed by atoms with Crippen LogP contribution in [0.1, 0.15) is 22.8 Å². The largest absolute Gasteiger partial charge is 0.508 e. The van der Waals surface area contributed by atoms with Crippen molar-refractivity contribution in [3.8, 4) is 5.75 Å². The molecule has 0 aliphatic heterocycles. The zero-order valence-electron chi connectivity index (χ0n) is 9.90. The zero-order chi connectivity index (χ0) is 12.3. The fraction of sp³-hybridized carbons (Fsp3) is 0.333. The number of phenols is 1. The Hall–Kier alpha value is -1.88. The van der Waals surface area contributed by atoms with Gasteiger partial charge in [-0.25, -0.2) is 0 Å². The molecule has 0 fully saturated rings. The molecule has 0 saturated carbocycles. The van der Waals surface area contributed by atoms with Crippen LogP contribution in [0.15, 0.2) is 22.7 Å². The second-order valence-corrected chi connectivity index (χ2v) is 3.97. The molecule has 90 valence electrons. The quantitative estimate of drug-likeness (QED) is 0.840. The average molecular weight is 233 g/mol. The SMILES string of the molecule is Cc1ccc(O)c(CNCc2noc(C)n2)c1. The summed E-state index contributed by atoms with van der Waals surface area (Å²) in [6, 6.07) is 5.52. The molecule has 2 rings (SSSR count). The van der Waals surface area contributed by atoms with E-state index in [1.54, 1.807) is 13.0 Å². The van der Waals surface area contributed by atoms with Gasteiger partial charge in [0.05, 0.1) is 6.54 Å². The van der Waals surface area contributed by atoms with Crippen molar-refractivity contribution >= 4 is 0 Å². The molecule has 0 spiro atoms. The number of phenolic OH excluding ortho intramolecular Hbond substituents is 1. The van der Waals surface area contributed by atoms with Gasteiger partial charge in [0.2, 0.25) is 5.89 Å². The lowest BCUT2D eigenvalue weighted by atomic mass is 10.1. The monoisotopic (exact) mass is 233 g/mol. The average Bonchev–Trinajstić information content (AvgIpc) is 2.69. The highest BCUT2D eigenvalue weighted by Gasteiger charge is 2.04. The Labute approximate surface area is 99.5 Å². The number of nitrogens with one attached hydrogen (secondary N) is 1. The van der Waals surface area contributed by atoms with Crippen LogP contribution in [-0.4, -0.2) is 15.2 Å². The normalized spacial score (nSPS) is 10.7. The molecular weight excluding hydrogens is 218 g/mol. The minimum absolute atomic E-state index is 0.299. The molecule has 5 heteroatoms. The van der Waals surface area contributed by atoms with Crippen molar-refractivity contribution in [3.05, 3.63) is 41.0 Å². The van der Waals surface area contributed by atoms with Crippen LogP contribution in [-0.2, 0) is 13.1 Å². The van der Waals surface area contributed by atoms with E-state index in [9.17, 15) is 5.11 Å². The molecular formula is C12H15N3O2. The van der Waals surface area contributed by atoms with E-state index in [0.29, 0.717) is 30.6 Å². The van der Waals surface area contributed by atoms with E-state index in [1.807, 2.05) is 19.1 Å². The van der Waals surface area contributed by atoms with Crippen molar-refractivity contribution in [2.45, 2.75) is 26.9 Å². The molecule has 2 aromatic rings. The first-order valence-electron chi connectivity index (χ1n) is 5.43. The molecule has 0 amide bonds. The Balaban J connectivity index is 1.91. The maximum Gasteiger partial charge on any atom is 0.223 e. The standard InChI is InChI=1S/C12H15N3O2/c1-8-3-4-11(16)10(5-8)6-13-7-12-14-9(2)17-15-12/h3-5,13,16H,6-7H2,1-2H3. The summed E-state index contributed by atoms with van der Waals surface area (Å²) in [5.74, 6) is 1.47. The summed E-state index contributed by atoms with van der Waals surface area (Å²) in [6.45, 7) is 4.83. The van der Waals surface area contributed by atoms with Crippen molar-refractivity contribution in [2.75, 3.05) is 0 Å². The van der Waals surface area contributed by atoms with Gasteiger partial charge < -0.3 is 14.9 Å². The van der Waals surface area contributed by atoms with Crippen LogP contribution in [0.4, 0.5) is 0 Å². The Morgan fingerprint density at radius 3 is 2.82 bits per heavy atom. The molecule has 5 nitrogen and oxygen atoms in total. The second kappa shape index (κ2) is 4.97. The van der Waals surface area contributed by atoms with E-state index >= 15 is 0 Å². The van der Waals surface area contributed by atoms with E-state index in [4.69, 9.17) is 4.52 Å². The molecule has 0 saturated heterocycles. The molecule has 1 heterocycles. The van der Waals surface area contributed by atoms with Crippen LogP contribution < -0.4 is 5.32 Å². The Morgan fingerprint density at radius 1 is 1.29 bits per heavy atom. The highest BCUT2D eigenvalue weighted by molar-refractivity contribution is 5.35. The van der Waals surface area contributed by atoms with Crippen LogP contribution in [0.25, 0.3) is 0 Å². The van der Waals surface area contributed by atoms with Gasteiger partial charge in [0.25, 0.3) is 0 Å². The summed E-state index contributed by atoms with van der Waals surface area (Å²) in [4.78, 5) is 4.08. The summed E-state index contributed by atoms with van der Waals surface area (Å²) in [5.41, 5.74) is 1.99. The van der Waals surface area contributed by atoms with E-state index in [2.05, 4.69) is 15.5 Å². The first-order chi connectivity index (χ1) is 8.15. The summed E-state index contributed by atoms with van der Waals surface area (Å²) in [5, 5.41) is 16.6. The van der Waals surface area contributed by atoms with E-state index < -0.39 is 0 Å². The van der Waals surface area contributed by atoms with Gasteiger partial charge in [0, 0.05) is 19.0 Å². The van der Waals surface area contributed by atoms with Crippen LogP contribution in [0, 0.1) is 13.8 Å². The molecule has 0 radical (unpaired) electrons. The van der Waals surface area contributed by atoms with E-state index in [0.717, 1.165) is 11.1 Å². The molecule has 0 unspecified atom stereocenters. The predicted molar refractivity (Wildman–Crippen MR) is 62.4 cm³/mol. The fourth-order valence-electron chi connectivity index (χ4n) is 1.58. The molecule has 2 N–H and O–H groups in total. The molecule has 1 aromatic carbocycles. The number of rotatable bonds is 4.